The van der Waals surface area contributed by atoms with Crippen molar-refractivity contribution in [1.82, 2.24) is 0 Å². The lowest BCUT2D eigenvalue weighted by atomic mass is 10.0. The van der Waals surface area contributed by atoms with Gasteiger partial charge in [-0.05, 0) is 12.3 Å². The molecule has 0 aliphatic carbocycles. The molecule has 5 nitrogen and oxygen atoms in total. The summed E-state index contributed by atoms with van der Waals surface area (Å²) >= 11 is 0. The number of hydrogen-bond acceptors (Lipinski definition) is 4. The van der Waals surface area contributed by atoms with Gasteiger partial charge in [-0.3, -0.25) is 4.55 Å². The van der Waals surface area contributed by atoms with Gasteiger partial charge in [0.15, 0.2) is 0 Å². The lowest BCUT2D eigenvalue weighted by Crippen LogP contribution is -2.10. The molecule has 0 radical (unpaired) electrons. The van der Waals surface area contributed by atoms with Crippen molar-refractivity contribution in [2.24, 2.45) is 5.92 Å². The van der Waals surface area contributed by atoms with E-state index < -0.39 is 10.4 Å². The van der Waals surface area contributed by atoms with Crippen LogP contribution in [0.4, 0.5) is 0 Å². The van der Waals surface area contributed by atoms with Gasteiger partial charge in [-0.25, -0.2) is 4.18 Å². The Labute approximate surface area is 130 Å². The third-order valence-electron chi connectivity index (χ3n) is 3.28. The molecule has 0 saturated carbocycles. The number of rotatable bonds is 15. The average Bonchev–Trinajstić information content (AvgIpc) is 2.37. The van der Waals surface area contributed by atoms with Crippen molar-refractivity contribution < 1.29 is 21.9 Å². The Balaban J connectivity index is 3.06. The maximum Gasteiger partial charge on any atom is 0.397 e. The molecule has 21 heavy (non-hydrogen) atoms. The fourth-order valence-corrected chi connectivity index (χ4v) is 2.40. The van der Waals surface area contributed by atoms with Crippen LogP contribution >= 0.6 is 0 Å². The maximum atomic E-state index is 10.2. The van der Waals surface area contributed by atoms with Crippen molar-refractivity contribution in [3.63, 3.8) is 0 Å². The molecule has 0 aliphatic heterocycles. The molecule has 0 fully saturated rings. The minimum absolute atomic E-state index is 0.130. The summed E-state index contributed by atoms with van der Waals surface area (Å²) in [5.41, 5.74) is 0. The number of ether oxygens (including phenoxy) is 1. The Kier molecular flexibility index (Phi) is 13.4. The van der Waals surface area contributed by atoms with Gasteiger partial charge in [-0.15, -0.1) is 0 Å². The van der Waals surface area contributed by atoms with Gasteiger partial charge in [0.05, 0.1) is 13.2 Å². The van der Waals surface area contributed by atoms with Gasteiger partial charge < -0.3 is 4.74 Å². The van der Waals surface area contributed by atoms with E-state index in [0.29, 0.717) is 6.61 Å². The van der Waals surface area contributed by atoms with Crippen LogP contribution in [0.1, 0.15) is 71.6 Å². The molecule has 0 aromatic heterocycles. The van der Waals surface area contributed by atoms with Gasteiger partial charge >= 0.3 is 10.4 Å². The molecule has 0 bridgehead atoms. The zero-order valence-corrected chi connectivity index (χ0v) is 14.4. The van der Waals surface area contributed by atoms with Crippen LogP contribution in [0.15, 0.2) is 0 Å². The molecule has 0 atom stereocenters. The van der Waals surface area contributed by atoms with Gasteiger partial charge in [0.2, 0.25) is 0 Å². The molecule has 0 unspecified atom stereocenters. The average molecular weight is 324 g/mol. The van der Waals surface area contributed by atoms with Crippen molar-refractivity contribution >= 4 is 10.4 Å². The summed E-state index contributed by atoms with van der Waals surface area (Å²) in [7, 11) is -4.32. The molecule has 128 valence electrons. The maximum absolute atomic E-state index is 10.2. The largest absolute Gasteiger partial charge is 0.397 e. The minimum Gasteiger partial charge on any atom is -0.379 e. The van der Waals surface area contributed by atoms with Crippen LogP contribution < -0.4 is 0 Å². The molecule has 0 amide bonds. The van der Waals surface area contributed by atoms with Gasteiger partial charge in [0.1, 0.15) is 0 Å². The first-order valence-electron chi connectivity index (χ1n) is 8.11. The van der Waals surface area contributed by atoms with E-state index in [1.165, 1.54) is 44.9 Å². The molecule has 0 aliphatic rings. The molecule has 0 aromatic rings. The fraction of sp³-hybridized carbons (Fsp3) is 1.00. The minimum atomic E-state index is -4.32. The second-order valence-electron chi connectivity index (χ2n) is 5.87. The first-order chi connectivity index (χ1) is 9.92. The summed E-state index contributed by atoms with van der Waals surface area (Å²) in [6.07, 6.45) is 11.4. The quantitative estimate of drug-likeness (QED) is 0.364. The normalized spacial score (nSPS) is 12.2. The number of unbranched alkanes of at least 4 members (excludes halogenated alkanes) is 7. The summed E-state index contributed by atoms with van der Waals surface area (Å²) in [4.78, 5) is 0. The van der Waals surface area contributed by atoms with Crippen molar-refractivity contribution in [3.8, 4) is 0 Å². The van der Waals surface area contributed by atoms with Crippen molar-refractivity contribution in [2.75, 3.05) is 19.8 Å². The smallest absolute Gasteiger partial charge is 0.379 e. The SMILES string of the molecule is CC(C)CCCCCCCCCCOCCOS(=O)(=O)O. The molecule has 0 spiro atoms. The number of hydrogen-bond donors (Lipinski definition) is 1. The van der Waals surface area contributed by atoms with E-state index in [1.807, 2.05) is 0 Å². The summed E-state index contributed by atoms with van der Waals surface area (Å²) in [6.45, 7) is 5.22. The Morgan fingerprint density at radius 3 is 1.86 bits per heavy atom. The molecule has 0 aromatic carbocycles. The Morgan fingerprint density at radius 2 is 1.33 bits per heavy atom. The molecule has 6 heteroatoms. The fourth-order valence-electron chi connectivity index (χ4n) is 2.12. The molecular formula is C15H32O5S. The third kappa shape index (κ3) is 19.8. The first kappa shape index (κ1) is 20.8. The predicted molar refractivity (Wildman–Crippen MR) is 84.7 cm³/mol. The van der Waals surface area contributed by atoms with Crippen LogP contribution in [-0.4, -0.2) is 32.8 Å². The van der Waals surface area contributed by atoms with E-state index in [2.05, 4.69) is 18.0 Å². The second-order valence-corrected chi connectivity index (χ2v) is 6.96. The van der Waals surface area contributed by atoms with Gasteiger partial charge in [0, 0.05) is 6.61 Å². The van der Waals surface area contributed by atoms with E-state index >= 15 is 0 Å². The summed E-state index contributed by atoms with van der Waals surface area (Å²) in [6, 6.07) is 0. The van der Waals surface area contributed by atoms with Crippen LogP contribution in [0.5, 0.6) is 0 Å². The van der Waals surface area contributed by atoms with Crippen molar-refractivity contribution in [2.45, 2.75) is 71.6 Å². The Hall–Kier alpha value is -0.170. The highest BCUT2D eigenvalue weighted by Crippen LogP contribution is 2.12. The van der Waals surface area contributed by atoms with Crippen LogP contribution in [0, 0.1) is 5.92 Å². The third-order valence-corrected chi connectivity index (χ3v) is 3.74. The highest BCUT2D eigenvalue weighted by molar-refractivity contribution is 7.80. The van der Waals surface area contributed by atoms with Crippen LogP contribution in [0.2, 0.25) is 0 Å². The van der Waals surface area contributed by atoms with Crippen LogP contribution in [-0.2, 0) is 19.3 Å². The van der Waals surface area contributed by atoms with Crippen LogP contribution in [0.3, 0.4) is 0 Å². The highest BCUT2D eigenvalue weighted by atomic mass is 32.3. The lowest BCUT2D eigenvalue weighted by Gasteiger charge is -2.05. The molecule has 0 heterocycles. The zero-order chi connectivity index (χ0) is 16.0. The topological polar surface area (TPSA) is 72.8 Å². The van der Waals surface area contributed by atoms with E-state index in [1.54, 1.807) is 0 Å². The highest BCUT2D eigenvalue weighted by Gasteiger charge is 2.02. The van der Waals surface area contributed by atoms with Gasteiger partial charge in [-0.1, -0.05) is 65.2 Å². The van der Waals surface area contributed by atoms with E-state index in [4.69, 9.17) is 9.29 Å². The van der Waals surface area contributed by atoms with Crippen molar-refractivity contribution in [3.05, 3.63) is 0 Å². The molecular weight excluding hydrogens is 292 g/mol. The second kappa shape index (κ2) is 13.5. The van der Waals surface area contributed by atoms with E-state index in [9.17, 15) is 8.42 Å². The molecule has 0 saturated heterocycles. The van der Waals surface area contributed by atoms with Gasteiger partial charge in [0.25, 0.3) is 0 Å². The zero-order valence-electron chi connectivity index (χ0n) is 13.6. The standard InChI is InChI=1S/C15H32O5S/c1-15(2)11-9-7-5-3-4-6-8-10-12-19-13-14-20-21(16,17)18/h15H,3-14H2,1-2H3,(H,16,17,18). The van der Waals surface area contributed by atoms with Gasteiger partial charge in [-0.2, -0.15) is 8.42 Å². The summed E-state index contributed by atoms with van der Waals surface area (Å²) < 4.78 is 38.2. The Morgan fingerprint density at radius 1 is 0.810 bits per heavy atom. The van der Waals surface area contributed by atoms with E-state index in [-0.39, 0.29) is 13.2 Å². The van der Waals surface area contributed by atoms with E-state index in [0.717, 1.165) is 18.8 Å². The molecule has 0 rings (SSSR count). The summed E-state index contributed by atoms with van der Waals surface area (Å²) in [5, 5.41) is 0. The predicted octanol–water partition coefficient (Wildman–Crippen LogP) is 3.99. The summed E-state index contributed by atoms with van der Waals surface area (Å²) in [5.74, 6) is 0.827. The lowest BCUT2D eigenvalue weighted by molar-refractivity contribution is 0.0945. The van der Waals surface area contributed by atoms with Crippen molar-refractivity contribution in [1.29, 1.82) is 0 Å². The first-order valence-corrected chi connectivity index (χ1v) is 9.48. The molecule has 1 N–H and O–H groups in total. The monoisotopic (exact) mass is 324 g/mol. The Bertz CT molecular complexity index is 314. The van der Waals surface area contributed by atoms with Crippen LogP contribution in [0.25, 0.3) is 0 Å².